The van der Waals surface area contributed by atoms with Crippen molar-refractivity contribution in [2.45, 2.75) is 56.5 Å². The van der Waals surface area contributed by atoms with Gasteiger partial charge in [0.15, 0.2) is 0 Å². The molecule has 1 N–H and O–H groups in total. The first kappa shape index (κ1) is 14.8. The zero-order valence-electron chi connectivity index (χ0n) is 12.8. The zero-order valence-corrected chi connectivity index (χ0v) is 12.8. The van der Waals surface area contributed by atoms with E-state index in [0.29, 0.717) is 6.54 Å². The summed E-state index contributed by atoms with van der Waals surface area (Å²) in [6, 6.07) is 3.18. The van der Waals surface area contributed by atoms with Crippen LogP contribution in [0.25, 0.3) is 0 Å². The Balaban J connectivity index is 1.44. The largest absolute Gasteiger partial charge is 0.337 e. The number of rotatable bonds is 4. The third kappa shape index (κ3) is 3.75. The minimum Gasteiger partial charge on any atom is -0.337 e. The molecule has 0 aromatic heterocycles. The molecule has 0 unspecified atom stereocenters. The third-order valence-electron chi connectivity index (χ3n) is 5.14. The van der Waals surface area contributed by atoms with Crippen molar-refractivity contribution in [1.82, 2.24) is 15.1 Å². The highest BCUT2D eigenvalue weighted by Gasteiger charge is 2.35. The van der Waals surface area contributed by atoms with Crippen LogP contribution >= 0.6 is 0 Å². The van der Waals surface area contributed by atoms with Gasteiger partial charge in [0.1, 0.15) is 5.54 Å². The second-order valence-electron chi connectivity index (χ2n) is 6.85. The Labute approximate surface area is 127 Å². The Morgan fingerprint density at radius 1 is 1.14 bits per heavy atom. The topological polar surface area (TPSA) is 59.4 Å². The van der Waals surface area contributed by atoms with Crippen LogP contribution in [0.5, 0.6) is 0 Å². The highest BCUT2D eigenvalue weighted by atomic mass is 16.2. The van der Waals surface area contributed by atoms with Crippen LogP contribution in [0.15, 0.2) is 0 Å². The Hall–Kier alpha value is -1.12. The van der Waals surface area contributed by atoms with Crippen molar-refractivity contribution in [2.75, 3.05) is 32.7 Å². The van der Waals surface area contributed by atoms with Gasteiger partial charge in [0.25, 0.3) is 0 Å². The molecule has 0 radical (unpaired) electrons. The molecule has 5 heteroatoms. The quantitative estimate of drug-likeness (QED) is 0.842. The van der Waals surface area contributed by atoms with E-state index < -0.39 is 5.54 Å². The fraction of sp³-hybridized carbons (Fsp3) is 0.875. The van der Waals surface area contributed by atoms with Gasteiger partial charge in [-0.2, -0.15) is 5.26 Å². The fourth-order valence-electron chi connectivity index (χ4n) is 3.66. The van der Waals surface area contributed by atoms with E-state index in [0.717, 1.165) is 57.9 Å². The van der Waals surface area contributed by atoms with Crippen LogP contribution < -0.4 is 5.32 Å². The van der Waals surface area contributed by atoms with Crippen molar-refractivity contribution in [3.8, 4) is 6.07 Å². The highest BCUT2D eigenvalue weighted by Crippen LogP contribution is 2.28. The summed E-state index contributed by atoms with van der Waals surface area (Å²) in [6.45, 7) is 4.57. The number of amides is 1. The molecule has 2 aliphatic carbocycles. The van der Waals surface area contributed by atoms with Crippen LogP contribution in [-0.2, 0) is 4.79 Å². The average molecular weight is 290 g/mol. The molecule has 1 aliphatic heterocycles. The summed E-state index contributed by atoms with van der Waals surface area (Å²) in [4.78, 5) is 17.0. The molecule has 0 bridgehead atoms. The summed E-state index contributed by atoms with van der Waals surface area (Å²) in [5, 5.41) is 12.4. The van der Waals surface area contributed by atoms with Gasteiger partial charge in [0.05, 0.1) is 12.6 Å². The van der Waals surface area contributed by atoms with Crippen LogP contribution in [-0.4, -0.2) is 60.0 Å². The Morgan fingerprint density at radius 3 is 2.38 bits per heavy atom. The minimum absolute atomic E-state index is 0.0262. The highest BCUT2D eigenvalue weighted by molar-refractivity contribution is 5.79. The van der Waals surface area contributed by atoms with Gasteiger partial charge in [0.2, 0.25) is 5.91 Å². The lowest BCUT2D eigenvalue weighted by Crippen LogP contribution is -2.54. The van der Waals surface area contributed by atoms with E-state index in [-0.39, 0.29) is 5.91 Å². The second kappa shape index (κ2) is 6.33. The van der Waals surface area contributed by atoms with Gasteiger partial charge in [-0.25, -0.2) is 0 Å². The number of nitriles is 1. The van der Waals surface area contributed by atoms with Gasteiger partial charge >= 0.3 is 0 Å². The first-order valence-corrected chi connectivity index (χ1v) is 8.39. The molecule has 3 aliphatic rings. The monoisotopic (exact) mass is 290 g/mol. The maximum Gasteiger partial charge on any atom is 0.235 e. The summed E-state index contributed by atoms with van der Waals surface area (Å²) in [5.74, 6) is 0.0262. The molecule has 3 rings (SSSR count). The SMILES string of the molecule is N#CC1(NC(=O)CN2CCN(C3CC3)CC2)CCCCC1. The lowest BCUT2D eigenvalue weighted by atomic mass is 9.83. The number of piperazine rings is 1. The normalized spacial score (nSPS) is 27.0. The average Bonchev–Trinajstić information content (AvgIpc) is 3.33. The molecule has 3 fully saturated rings. The van der Waals surface area contributed by atoms with Gasteiger partial charge in [-0.05, 0) is 25.7 Å². The van der Waals surface area contributed by atoms with Crippen LogP contribution in [0.2, 0.25) is 0 Å². The van der Waals surface area contributed by atoms with Gasteiger partial charge in [0, 0.05) is 32.2 Å². The van der Waals surface area contributed by atoms with Crippen molar-refractivity contribution in [3.63, 3.8) is 0 Å². The van der Waals surface area contributed by atoms with Crippen LogP contribution in [0.1, 0.15) is 44.9 Å². The van der Waals surface area contributed by atoms with Crippen molar-refractivity contribution < 1.29 is 4.79 Å². The Bertz CT molecular complexity index is 412. The molecular weight excluding hydrogens is 264 g/mol. The van der Waals surface area contributed by atoms with E-state index in [2.05, 4.69) is 21.2 Å². The lowest BCUT2D eigenvalue weighted by molar-refractivity contribution is -0.124. The molecule has 1 saturated heterocycles. The Morgan fingerprint density at radius 2 is 1.81 bits per heavy atom. The molecule has 21 heavy (non-hydrogen) atoms. The van der Waals surface area contributed by atoms with Gasteiger partial charge in [-0.3, -0.25) is 14.6 Å². The molecule has 1 amide bonds. The summed E-state index contributed by atoms with van der Waals surface area (Å²) in [5.41, 5.74) is -0.592. The minimum atomic E-state index is -0.592. The zero-order chi connectivity index (χ0) is 14.7. The second-order valence-corrected chi connectivity index (χ2v) is 6.85. The van der Waals surface area contributed by atoms with E-state index in [1.165, 1.54) is 19.3 Å². The first-order chi connectivity index (χ1) is 10.2. The maximum atomic E-state index is 12.3. The summed E-state index contributed by atoms with van der Waals surface area (Å²) in [7, 11) is 0. The maximum absolute atomic E-state index is 12.3. The van der Waals surface area contributed by atoms with Crippen molar-refractivity contribution >= 4 is 5.91 Å². The van der Waals surface area contributed by atoms with E-state index in [1.54, 1.807) is 0 Å². The number of hydrogen-bond acceptors (Lipinski definition) is 4. The summed E-state index contributed by atoms with van der Waals surface area (Å²) < 4.78 is 0. The van der Waals surface area contributed by atoms with Crippen LogP contribution in [0.3, 0.4) is 0 Å². The standard InChI is InChI=1S/C16H26N4O/c17-13-16(6-2-1-3-7-16)18-15(21)12-19-8-10-20(11-9-19)14-4-5-14/h14H,1-12H2,(H,18,21). The first-order valence-electron chi connectivity index (χ1n) is 8.39. The smallest absolute Gasteiger partial charge is 0.235 e. The van der Waals surface area contributed by atoms with Crippen LogP contribution in [0.4, 0.5) is 0 Å². The molecule has 0 aromatic carbocycles. The molecular formula is C16H26N4O. The van der Waals surface area contributed by atoms with E-state index in [4.69, 9.17) is 0 Å². The molecule has 1 heterocycles. The Kier molecular flexibility index (Phi) is 4.46. The van der Waals surface area contributed by atoms with Gasteiger partial charge in [-0.15, -0.1) is 0 Å². The molecule has 5 nitrogen and oxygen atoms in total. The van der Waals surface area contributed by atoms with E-state index in [1.807, 2.05) is 0 Å². The molecule has 0 aromatic rings. The number of hydrogen-bond donors (Lipinski definition) is 1. The van der Waals surface area contributed by atoms with Crippen molar-refractivity contribution in [1.29, 1.82) is 5.26 Å². The molecule has 0 spiro atoms. The lowest BCUT2D eigenvalue weighted by Gasteiger charge is -2.36. The third-order valence-corrected chi connectivity index (χ3v) is 5.14. The van der Waals surface area contributed by atoms with Crippen molar-refractivity contribution in [3.05, 3.63) is 0 Å². The predicted octanol–water partition coefficient (Wildman–Crippen LogP) is 1.11. The van der Waals surface area contributed by atoms with Gasteiger partial charge in [-0.1, -0.05) is 19.3 Å². The molecule has 116 valence electrons. The van der Waals surface area contributed by atoms with E-state index >= 15 is 0 Å². The summed E-state index contributed by atoms with van der Waals surface area (Å²) >= 11 is 0. The van der Waals surface area contributed by atoms with E-state index in [9.17, 15) is 10.1 Å². The number of nitrogens with one attached hydrogen (secondary N) is 1. The van der Waals surface area contributed by atoms with Gasteiger partial charge < -0.3 is 5.32 Å². The molecule has 0 atom stereocenters. The number of carbonyl (C=O) groups is 1. The summed E-state index contributed by atoms with van der Waals surface area (Å²) in [6.07, 6.45) is 7.61. The van der Waals surface area contributed by atoms with Crippen molar-refractivity contribution in [2.24, 2.45) is 0 Å². The van der Waals surface area contributed by atoms with Crippen LogP contribution in [0, 0.1) is 11.3 Å². The fourth-order valence-corrected chi connectivity index (χ4v) is 3.66. The number of nitrogens with zero attached hydrogens (tertiary/aromatic N) is 3. The predicted molar refractivity (Wildman–Crippen MR) is 80.6 cm³/mol. The molecule has 2 saturated carbocycles. The number of carbonyl (C=O) groups excluding carboxylic acids is 1.